The number of anilines is 1. The Labute approximate surface area is 137 Å². The predicted molar refractivity (Wildman–Crippen MR) is 90.7 cm³/mol. The van der Waals surface area contributed by atoms with Crippen LogP contribution in [0.25, 0.3) is 10.9 Å². The first-order valence-electron chi connectivity index (χ1n) is 7.13. The molecular weight excluding hydrogens is 314 g/mol. The van der Waals surface area contributed by atoms with E-state index < -0.39 is 0 Å². The lowest BCUT2D eigenvalue weighted by Gasteiger charge is -2.08. The summed E-state index contributed by atoms with van der Waals surface area (Å²) in [5.41, 5.74) is 1.10. The number of aromatic nitrogens is 2. The number of hydrogen-bond acceptors (Lipinski definition) is 3. The van der Waals surface area contributed by atoms with Gasteiger partial charge in [0, 0.05) is 23.7 Å². The second-order valence-electron chi connectivity index (χ2n) is 5.07. The third-order valence-electron chi connectivity index (χ3n) is 3.42. The van der Waals surface area contributed by atoms with E-state index in [2.05, 4.69) is 10.3 Å². The van der Waals surface area contributed by atoms with E-state index in [0.29, 0.717) is 15.9 Å². The lowest BCUT2D eigenvalue weighted by Crippen LogP contribution is -2.23. The van der Waals surface area contributed by atoms with Gasteiger partial charge in [0.25, 0.3) is 5.56 Å². The average Bonchev–Trinajstić information content (AvgIpc) is 2.55. The molecule has 0 atom stereocenters. The Morgan fingerprint density at radius 2 is 1.96 bits per heavy atom. The number of fused-ring (bicyclic) bond motifs is 1. The van der Waals surface area contributed by atoms with E-state index in [0.717, 1.165) is 5.69 Å². The van der Waals surface area contributed by atoms with Crippen molar-refractivity contribution in [3.8, 4) is 0 Å². The third kappa shape index (κ3) is 3.57. The largest absolute Gasteiger partial charge is 0.326 e. The summed E-state index contributed by atoms with van der Waals surface area (Å²) in [6.45, 7) is 0.267. The Balaban J connectivity index is 1.72. The smallest absolute Gasteiger partial charge is 0.261 e. The highest BCUT2D eigenvalue weighted by Crippen LogP contribution is 2.14. The predicted octanol–water partition coefficient (Wildman–Crippen LogP) is 3.08. The van der Waals surface area contributed by atoms with Crippen molar-refractivity contribution in [3.05, 3.63) is 70.2 Å². The fourth-order valence-corrected chi connectivity index (χ4v) is 2.42. The molecule has 3 aromatic rings. The summed E-state index contributed by atoms with van der Waals surface area (Å²) < 4.78 is 1.43. The second kappa shape index (κ2) is 6.62. The minimum atomic E-state index is -0.181. The zero-order valence-corrected chi connectivity index (χ0v) is 13.0. The molecule has 0 saturated heterocycles. The van der Waals surface area contributed by atoms with Gasteiger partial charge in [0.15, 0.2) is 0 Å². The Bertz CT molecular complexity index is 907. The molecule has 1 aromatic heterocycles. The number of benzene rings is 2. The minimum absolute atomic E-state index is 0.153. The second-order valence-corrected chi connectivity index (χ2v) is 5.51. The van der Waals surface area contributed by atoms with Crippen LogP contribution in [-0.4, -0.2) is 15.5 Å². The molecule has 0 fully saturated rings. The van der Waals surface area contributed by atoms with Crippen molar-refractivity contribution >= 4 is 34.1 Å². The molecule has 3 rings (SSSR count). The van der Waals surface area contributed by atoms with Crippen LogP contribution in [-0.2, 0) is 11.3 Å². The normalized spacial score (nSPS) is 10.7. The number of nitrogens with zero attached hydrogens (tertiary/aromatic N) is 2. The summed E-state index contributed by atoms with van der Waals surface area (Å²) in [4.78, 5) is 28.5. The Morgan fingerprint density at radius 3 is 2.74 bits per heavy atom. The molecule has 0 unspecified atom stereocenters. The number of para-hydroxylation sites is 1. The molecule has 1 amide bonds. The number of amides is 1. The Morgan fingerprint density at radius 1 is 1.17 bits per heavy atom. The zero-order chi connectivity index (χ0) is 16.2. The molecule has 0 radical (unpaired) electrons. The minimum Gasteiger partial charge on any atom is -0.326 e. The van der Waals surface area contributed by atoms with Gasteiger partial charge in [-0.15, -0.1) is 0 Å². The van der Waals surface area contributed by atoms with Crippen LogP contribution >= 0.6 is 11.6 Å². The highest BCUT2D eigenvalue weighted by atomic mass is 35.5. The lowest BCUT2D eigenvalue weighted by atomic mass is 10.2. The van der Waals surface area contributed by atoms with Gasteiger partial charge < -0.3 is 5.32 Å². The molecule has 0 aliphatic carbocycles. The summed E-state index contributed by atoms with van der Waals surface area (Å²) in [5, 5.41) is 3.80. The summed E-state index contributed by atoms with van der Waals surface area (Å²) >= 11 is 5.89. The van der Waals surface area contributed by atoms with E-state index in [1.54, 1.807) is 18.2 Å². The molecule has 0 spiro atoms. The maximum absolute atomic E-state index is 12.4. The molecule has 1 heterocycles. The number of nitrogens with one attached hydrogen (secondary N) is 1. The van der Waals surface area contributed by atoms with Crippen LogP contribution in [0.15, 0.2) is 59.7 Å². The fraction of sp³-hybridized carbons (Fsp3) is 0.118. The summed E-state index contributed by atoms with van der Waals surface area (Å²) in [6.07, 6.45) is 1.63. The number of rotatable bonds is 4. The SMILES string of the molecule is O=C(CCn1cnc2cc(Cl)ccc2c1=O)Nc1ccccc1. The van der Waals surface area contributed by atoms with Gasteiger partial charge in [0.2, 0.25) is 5.91 Å². The number of carbonyl (C=O) groups excluding carboxylic acids is 1. The Hall–Kier alpha value is -2.66. The first-order valence-corrected chi connectivity index (χ1v) is 7.51. The summed E-state index contributed by atoms with van der Waals surface area (Å²) in [5.74, 6) is -0.153. The van der Waals surface area contributed by atoms with E-state index in [-0.39, 0.29) is 24.4 Å². The van der Waals surface area contributed by atoms with Crippen LogP contribution in [0.5, 0.6) is 0 Å². The average molecular weight is 328 g/mol. The van der Waals surface area contributed by atoms with Gasteiger partial charge in [-0.25, -0.2) is 4.98 Å². The highest BCUT2D eigenvalue weighted by Gasteiger charge is 2.07. The molecule has 5 nitrogen and oxygen atoms in total. The number of carbonyl (C=O) groups is 1. The molecule has 2 aromatic carbocycles. The van der Waals surface area contributed by atoms with E-state index in [1.165, 1.54) is 10.9 Å². The van der Waals surface area contributed by atoms with Gasteiger partial charge in [-0.1, -0.05) is 29.8 Å². The monoisotopic (exact) mass is 327 g/mol. The quantitative estimate of drug-likeness (QED) is 0.801. The topological polar surface area (TPSA) is 64.0 Å². The maximum Gasteiger partial charge on any atom is 0.261 e. The van der Waals surface area contributed by atoms with Crippen LogP contribution in [0, 0.1) is 0 Å². The van der Waals surface area contributed by atoms with E-state index in [4.69, 9.17) is 11.6 Å². The number of halogens is 1. The molecule has 116 valence electrons. The van der Waals surface area contributed by atoms with Crippen molar-refractivity contribution in [3.63, 3.8) is 0 Å². The van der Waals surface area contributed by atoms with Crippen molar-refractivity contribution in [1.82, 2.24) is 9.55 Å². The van der Waals surface area contributed by atoms with Crippen molar-refractivity contribution in [1.29, 1.82) is 0 Å². The first-order chi connectivity index (χ1) is 11.1. The number of hydrogen-bond donors (Lipinski definition) is 1. The van der Waals surface area contributed by atoms with Crippen LogP contribution in [0.3, 0.4) is 0 Å². The zero-order valence-electron chi connectivity index (χ0n) is 12.2. The molecule has 6 heteroatoms. The van der Waals surface area contributed by atoms with E-state index in [9.17, 15) is 9.59 Å². The van der Waals surface area contributed by atoms with Crippen molar-refractivity contribution in [2.45, 2.75) is 13.0 Å². The summed E-state index contributed by atoms with van der Waals surface area (Å²) in [7, 11) is 0. The maximum atomic E-state index is 12.4. The van der Waals surface area contributed by atoms with Crippen molar-refractivity contribution in [2.75, 3.05) is 5.32 Å². The number of aryl methyl sites for hydroxylation is 1. The third-order valence-corrected chi connectivity index (χ3v) is 3.66. The molecule has 1 N–H and O–H groups in total. The standard InChI is InChI=1S/C17H14ClN3O2/c18-12-6-7-14-15(10-12)19-11-21(17(14)23)9-8-16(22)20-13-4-2-1-3-5-13/h1-7,10-11H,8-9H2,(H,20,22). The molecular formula is C17H14ClN3O2. The van der Waals surface area contributed by atoms with Gasteiger partial charge in [-0.3, -0.25) is 14.2 Å². The molecule has 0 saturated carbocycles. The van der Waals surface area contributed by atoms with Crippen LogP contribution in [0.4, 0.5) is 5.69 Å². The highest BCUT2D eigenvalue weighted by molar-refractivity contribution is 6.31. The van der Waals surface area contributed by atoms with Crippen LogP contribution in [0.1, 0.15) is 6.42 Å². The van der Waals surface area contributed by atoms with Gasteiger partial charge in [-0.2, -0.15) is 0 Å². The molecule has 0 aliphatic heterocycles. The van der Waals surface area contributed by atoms with Gasteiger partial charge in [0.05, 0.1) is 17.2 Å². The summed E-state index contributed by atoms with van der Waals surface area (Å²) in [6, 6.07) is 14.1. The van der Waals surface area contributed by atoms with Gasteiger partial charge in [0.1, 0.15) is 0 Å². The van der Waals surface area contributed by atoms with Gasteiger partial charge >= 0.3 is 0 Å². The lowest BCUT2D eigenvalue weighted by molar-refractivity contribution is -0.116. The van der Waals surface area contributed by atoms with Crippen LogP contribution < -0.4 is 10.9 Å². The first kappa shape index (κ1) is 15.2. The van der Waals surface area contributed by atoms with E-state index >= 15 is 0 Å². The van der Waals surface area contributed by atoms with Crippen molar-refractivity contribution in [2.24, 2.45) is 0 Å². The Kier molecular flexibility index (Phi) is 4.39. The van der Waals surface area contributed by atoms with Gasteiger partial charge in [-0.05, 0) is 30.3 Å². The van der Waals surface area contributed by atoms with Crippen molar-refractivity contribution < 1.29 is 4.79 Å². The fourth-order valence-electron chi connectivity index (χ4n) is 2.26. The van der Waals surface area contributed by atoms with E-state index in [1.807, 2.05) is 30.3 Å². The molecule has 0 aliphatic rings. The molecule has 23 heavy (non-hydrogen) atoms. The van der Waals surface area contributed by atoms with Crippen LogP contribution in [0.2, 0.25) is 5.02 Å². The molecule has 0 bridgehead atoms.